The second kappa shape index (κ2) is 5.46. The van der Waals surface area contributed by atoms with E-state index in [1.54, 1.807) is 16.2 Å². The van der Waals surface area contributed by atoms with Gasteiger partial charge in [0.25, 0.3) is 0 Å². The molecule has 4 heteroatoms. The molecule has 1 fully saturated rings. The number of amides is 1. The molecule has 1 N–H and O–H groups in total. The zero-order valence-electron chi connectivity index (χ0n) is 9.61. The van der Waals surface area contributed by atoms with Gasteiger partial charge in [-0.3, -0.25) is 4.79 Å². The Morgan fingerprint density at radius 1 is 1.62 bits per heavy atom. The molecule has 1 unspecified atom stereocenters. The standard InChI is InChI=1S/C12H18N2OS/c1-14(12-6-4-8-16-12)11(15)9-10-5-2-3-7-13-10/h4,6,8,10,13H,2-3,5,7,9H2,1H3. The molecule has 1 aliphatic heterocycles. The van der Waals surface area contributed by atoms with E-state index in [0.717, 1.165) is 18.0 Å². The van der Waals surface area contributed by atoms with Gasteiger partial charge in [-0.15, -0.1) is 11.3 Å². The molecule has 1 aromatic rings. The van der Waals surface area contributed by atoms with Gasteiger partial charge in [-0.25, -0.2) is 0 Å². The molecule has 1 aromatic heterocycles. The summed E-state index contributed by atoms with van der Waals surface area (Å²) >= 11 is 1.61. The van der Waals surface area contributed by atoms with Gasteiger partial charge in [0.2, 0.25) is 5.91 Å². The Bertz CT molecular complexity index is 331. The van der Waals surface area contributed by atoms with Crippen molar-refractivity contribution in [3.63, 3.8) is 0 Å². The zero-order chi connectivity index (χ0) is 11.4. The normalized spacial score (nSPS) is 20.7. The summed E-state index contributed by atoms with van der Waals surface area (Å²) in [4.78, 5) is 13.8. The summed E-state index contributed by atoms with van der Waals surface area (Å²) in [6.45, 7) is 1.06. The molecule has 0 radical (unpaired) electrons. The first-order chi connectivity index (χ1) is 7.77. The molecule has 3 nitrogen and oxygen atoms in total. The first-order valence-electron chi connectivity index (χ1n) is 5.81. The molecule has 0 spiro atoms. The van der Waals surface area contributed by atoms with Crippen molar-refractivity contribution in [1.29, 1.82) is 0 Å². The van der Waals surface area contributed by atoms with Gasteiger partial charge in [0.1, 0.15) is 0 Å². The van der Waals surface area contributed by atoms with Gasteiger partial charge in [-0.05, 0) is 36.9 Å². The number of carbonyl (C=O) groups excluding carboxylic acids is 1. The minimum Gasteiger partial charge on any atom is -0.313 e. The smallest absolute Gasteiger partial charge is 0.228 e. The number of thiophene rings is 1. The summed E-state index contributed by atoms with van der Waals surface area (Å²) in [6.07, 6.45) is 4.23. The summed E-state index contributed by atoms with van der Waals surface area (Å²) in [5, 5.41) is 6.43. The maximum Gasteiger partial charge on any atom is 0.228 e. The maximum absolute atomic E-state index is 12.0. The number of anilines is 1. The minimum absolute atomic E-state index is 0.210. The third-order valence-electron chi connectivity index (χ3n) is 3.04. The van der Waals surface area contributed by atoms with Gasteiger partial charge in [0, 0.05) is 19.5 Å². The molecule has 1 atom stereocenters. The molecule has 2 rings (SSSR count). The van der Waals surface area contributed by atoms with Crippen LogP contribution < -0.4 is 10.2 Å². The lowest BCUT2D eigenvalue weighted by Crippen LogP contribution is -2.39. The Kier molecular flexibility index (Phi) is 3.96. The molecule has 0 aromatic carbocycles. The van der Waals surface area contributed by atoms with Gasteiger partial charge in [-0.1, -0.05) is 6.42 Å². The molecule has 0 bridgehead atoms. The zero-order valence-corrected chi connectivity index (χ0v) is 10.4. The monoisotopic (exact) mass is 238 g/mol. The van der Waals surface area contributed by atoms with Crippen LogP contribution in [0.4, 0.5) is 5.00 Å². The van der Waals surface area contributed by atoms with Crippen LogP contribution in [-0.4, -0.2) is 25.5 Å². The first kappa shape index (κ1) is 11.6. The Morgan fingerprint density at radius 3 is 3.12 bits per heavy atom. The summed E-state index contributed by atoms with van der Waals surface area (Å²) in [5.41, 5.74) is 0. The summed E-state index contributed by atoms with van der Waals surface area (Å²) < 4.78 is 0. The lowest BCUT2D eigenvalue weighted by atomic mass is 10.0. The number of carbonyl (C=O) groups is 1. The SMILES string of the molecule is CN(C(=O)CC1CCCCN1)c1cccs1. The highest BCUT2D eigenvalue weighted by Crippen LogP contribution is 2.21. The van der Waals surface area contributed by atoms with Crippen LogP contribution in [-0.2, 0) is 4.79 Å². The third-order valence-corrected chi connectivity index (χ3v) is 3.99. The fourth-order valence-corrected chi connectivity index (χ4v) is 2.74. The topological polar surface area (TPSA) is 32.3 Å². The van der Waals surface area contributed by atoms with Crippen LogP contribution in [0.25, 0.3) is 0 Å². The van der Waals surface area contributed by atoms with E-state index in [2.05, 4.69) is 5.32 Å². The Labute approximate surface area is 100 Å². The van der Waals surface area contributed by atoms with Crippen molar-refractivity contribution in [2.75, 3.05) is 18.5 Å². The fraction of sp³-hybridized carbons (Fsp3) is 0.583. The highest BCUT2D eigenvalue weighted by Gasteiger charge is 2.19. The van der Waals surface area contributed by atoms with Crippen LogP contribution >= 0.6 is 11.3 Å². The molecule has 1 aliphatic rings. The van der Waals surface area contributed by atoms with Crippen LogP contribution in [0.5, 0.6) is 0 Å². The number of rotatable bonds is 3. The minimum atomic E-state index is 0.210. The molecule has 2 heterocycles. The number of nitrogens with one attached hydrogen (secondary N) is 1. The lowest BCUT2D eigenvalue weighted by molar-refractivity contribution is -0.118. The predicted molar refractivity (Wildman–Crippen MR) is 68.0 cm³/mol. The van der Waals surface area contributed by atoms with E-state index in [1.807, 2.05) is 24.6 Å². The molecule has 1 saturated heterocycles. The number of nitrogens with zero attached hydrogens (tertiary/aromatic N) is 1. The van der Waals surface area contributed by atoms with Crippen molar-refractivity contribution in [2.45, 2.75) is 31.7 Å². The van der Waals surface area contributed by atoms with Crippen molar-refractivity contribution in [3.05, 3.63) is 17.5 Å². The van der Waals surface area contributed by atoms with Crippen molar-refractivity contribution in [3.8, 4) is 0 Å². The number of hydrogen-bond acceptors (Lipinski definition) is 3. The lowest BCUT2D eigenvalue weighted by Gasteiger charge is -2.25. The van der Waals surface area contributed by atoms with Crippen molar-refractivity contribution >= 4 is 22.2 Å². The Hall–Kier alpha value is -0.870. The molecule has 1 amide bonds. The second-order valence-electron chi connectivity index (χ2n) is 4.25. The van der Waals surface area contributed by atoms with E-state index < -0.39 is 0 Å². The molecule has 88 valence electrons. The van der Waals surface area contributed by atoms with Gasteiger partial charge in [0.05, 0.1) is 5.00 Å². The van der Waals surface area contributed by atoms with E-state index >= 15 is 0 Å². The Morgan fingerprint density at radius 2 is 2.50 bits per heavy atom. The van der Waals surface area contributed by atoms with E-state index in [1.165, 1.54) is 12.8 Å². The van der Waals surface area contributed by atoms with E-state index in [4.69, 9.17) is 0 Å². The van der Waals surface area contributed by atoms with Crippen LogP contribution in [0.2, 0.25) is 0 Å². The van der Waals surface area contributed by atoms with Gasteiger partial charge in [0.15, 0.2) is 0 Å². The van der Waals surface area contributed by atoms with Crippen LogP contribution in [0.3, 0.4) is 0 Å². The average Bonchev–Trinajstić information content (AvgIpc) is 2.83. The van der Waals surface area contributed by atoms with Crippen molar-refractivity contribution in [1.82, 2.24) is 5.32 Å². The molecule has 0 saturated carbocycles. The molecule has 16 heavy (non-hydrogen) atoms. The molecular formula is C12H18N2OS. The first-order valence-corrected chi connectivity index (χ1v) is 6.69. The quantitative estimate of drug-likeness (QED) is 0.876. The average molecular weight is 238 g/mol. The molecular weight excluding hydrogens is 220 g/mol. The highest BCUT2D eigenvalue weighted by atomic mass is 32.1. The van der Waals surface area contributed by atoms with E-state index in [-0.39, 0.29) is 5.91 Å². The van der Waals surface area contributed by atoms with Crippen molar-refractivity contribution < 1.29 is 4.79 Å². The maximum atomic E-state index is 12.0. The van der Waals surface area contributed by atoms with Crippen LogP contribution in [0.15, 0.2) is 17.5 Å². The van der Waals surface area contributed by atoms with Gasteiger partial charge >= 0.3 is 0 Å². The van der Waals surface area contributed by atoms with Gasteiger partial charge < -0.3 is 10.2 Å². The highest BCUT2D eigenvalue weighted by molar-refractivity contribution is 7.14. The Balaban J connectivity index is 1.87. The number of hydrogen-bond donors (Lipinski definition) is 1. The van der Waals surface area contributed by atoms with E-state index in [0.29, 0.717) is 12.5 Å². The van der Waals surface area contributed by atoms with E-state index in [9.17, 15) is 4.79 Å². The van der Waals surface area contributed by atoms with Crippen molar-refractivity contribution in [2.24, 2.45) is 0 Å². The third kappa shape index (κ3) is 2.83. The summed E-state index contributed by atoms with van der Waals surface area (Å²) in [7, 11) is 1.86. The second-order valence-corrected chi connectivity index (χ2v) is 5.18. The number of piperidine rings is 1. The molecule has 0 aliphatic carbocycles. The predicted octanol–water partition coefficient (Wildman–Crippen LogP) is 2.24. The largest absolute Gasteiger partial charge is 0.313 e. The van der Waals surface area contributed by atoms with Crippen LogP contribution in [0, 0.1) is 0 Å². The fourth-order valence-electron chi connectivity index (χ4n) is 2.03. The summed E-state index contributed by atoms with van der Waals surface area (Å²) in [6, 6.07) is 4.34. The van der Waals surface area contributed by atoms with Crippen LogP contribution in [0.1, 0.15) is 25.7 Å². The van der Waals surface area contributed by atoms with Gasteiger partial charge in [-0.2, -0.15) is 0 Å². The summed E-state index contributed by atoms with van der Waals surface area (Å²) in [5.74, 6) is 0.210.